The first-order valence-electron chi connectivity index (χ1n) is 8.71. The predicted molar refractivity (Wildman–Crippen MR) is 114 cm³/mol. The maximum atomic E-state index is 13.3. The van der Waals surface area contributed by atoms with E-state index in [2.05, 4.69) is 34.9 Å². The Bertz CT molecular complexity index is 1010. The van der Waals surface area contributed by atoms with Crippen LogP contribution in [0.3, 0.4) is 0 Å². The smallest absolute Gasteiger partial charge is 0.273 e. The van der Waals surface area contributed by atoms with Crippen LogP contribution < -0.4 is 4.31 Å². The highest BCUT2D eigenvalue weighted by molar-refractivity contribution is 9.11. The third-order valence-corrected chi connectivity index (χ3v) is 8.13. The van der Waals surface area contributed by atoms with Crippen LogP contribution in [0.1, 0.15) is 37.9 Å². The number of hydrogen-bond donors (Lipinski definition) is 0. The Kier molecular flexibility index (Phi) is 6.08. The molecule has 0 N–H and O–H groups in total. The topological polar surface area (TPSA) is 55.2 Å². The number of hydrogen-bond acceptors (Lipinski definition) is 4. The minimum Gasteiger partial charge on any atom is -0.273 e. The average molecular weight is 468 g/mol. The van der Waals surface area contributed by atoms with Gasteiger partial charge in [-0.15, -0.1) is 11.3 Å². The van der Waals surface area contributed by atoms with Crippen LogP contribution in [0.4, 0.5) is 5.69 Å². The van der Waals surface area contributed by atoms with E-state index in [9.17, 15) is 8.42 Å². The van der Waals surface area contributed by atoms with Gasteiger partial charge in [-0.1, -0.05) is 26.0 Å². The lowest BCUT2D eigenvalue weighted by atomic mass is 10.0. The van der Waals surface area contributed by atoms with Crippen LogP contribution >= 0.6 is 27.3 Å². The van der Waals surface area contributed by atoms with E-state index < -0.39 is 10.0 Å². The van der Waals surface area contributed by atoms with Crippen LogP contribution in [-0.2, 0) is 23.1 Å². The maximum Gasteiger partial charge on any atom is 0.274 e. The van der Waals surface area contributed by atoms with E-state index in [1.165, 1.54) is 21.2 Å². The number of aromatic nitrogens is 2. The first kappa shape index (κ1) is 20.1. The molecule has 0 aliphatic heterocycles. The van der Waals surface area contributed by atoms with Crippen molar-refractivity contribution < 1.29 is 8.42 Å². The fourth-order valence-corrected chi connectivity index (χ4v) is 6.26. The first-order chi connectivity index (χ1) is 12.8. The molecule has 0 bridgehead atoms. The molecule has 0 spiro atoms. The fourth-order valence-electron chi connectivity index (χ4n) is 2.70. The van der Waals surface area contributed by atoms with Gasteiger partial charge in [-0.3, -0.25) is 8.99 Å². The van der Waals surface area contributed by atoms with Crippen molar-refractivity contribution in [3.8, 4) is 0 Å². The van der Waals surface area contributed by atoms with Gasteiger partial charge in [0.15, 0.2) is 0 Å². The van der Waals surface area contributed by atoms with Gasteiger partial charge in [-0.05, 0) is 64.7 Å². The molecule has 1 aromatic carbocycles. The molecule has 3 rings (SSSR count). The molecule has 2 heterocycles. The van der Waals surface area contributed by atoms with E-state index in [0.29, 0.717) is 21.5 Å². The molecule has 0 aliphatic carbocycles. The Balaban J connectivity index is 2.02. The summed E-state index contributed by atoms with van der Waals surface area (Å²) in [5.74, 6) is 0.387. The zero-order chi connectivity index (χ0) is 19.6. The normalized spacial score (nSPS) is 11.9. The highest BCUT2D eigenvalue weighted by Gasteiger charge is 2.27. The molecule has 5 nitrogen and oxygen atoms in total. The summed E-state index contributed by atoms with van der Waals surface area (Å²) in [6.45, 7) is 7.16. The molecule has 0 radical (unpaired) electrons. The molecule has 3 aromatic rings. The summed E-state index contributed by atoms with van der Waals surface area (Å²) in [7, 11) is -3.69. The second-order valence-corrected chi connectivity index (χ2v) is 11.0. The third-order valence-electron chi connectivity index (χ3n) is 4.27. The van der Waals surface area contributed by atoms with E-state index in [-0.39, 0.29) is 6.54 Å². The highest BCUT2D eigenvalue weighted by Crippen LogP contribution is 2.32. The quantitative estimate of drug-likeness (QED) is 0.476. The Hall–Kier alpha value is -1.64. The van der Waals surface area contributed by atoms with Gasteiger partial charge in [0.25, 0.3) is 10.0 Å². The lowest BCUT2D eigenvalue weighted by molar-refractivity contribution is 0.590. The molecule has 0 amide bonds. The van der Waals surface area contributed by atoms with Gasteiger partial charge in [-0.25, -0.2) is 8.42 Å². The summed E-state index contributed by atoms with van der Waals surface area (Å²) in [5.41, 5.74) is 2.52. The predicted octanol–water partition coefficient (Wildman–Crippen LogP) is 5.25. The van der Waals surface area contributed by atoms with Gasteiger partial charge in [0.2, 0.25) is 0 Å². The number of aryl methyl sites for hydroxylation is 1. The van der Waals surface area contributed by atoms with E-state index in [1.54, 1.807) is 16.8 Å². The zero-order valence-electron chi connectivity index (χ0n) is 15.5. The number of benzene rings is 1. The van der Waals surface area contributed by atoms with Gasteiger partial charge in [0, 0.05) is 12.7 Å². The SMILES string of the molecule is CCn1ccc(CN(c2ccc(C(C)C)cc2)S(=O)(=O)c2ccc(Br)s2)n1. The third kappa shape index (κ3) is 4.44. The highest BCUT2D eigenvalue weighted by atomic mass is 79.9. The Morgan fingerprint density at radius 2 is 1.85 bits per heavy atom. The molecule has 8 heteroatoms. The fraction of sp³-hybridized carbons (Fsp3) is 0.316. The summed E-state index contributed by atoms with van der Waals surface area (Å²) >= 11 is 4.56. The van der Waals surface area contributed by atoms with Gasteiger partial charge in [0.05, 0.1) is 21.7 Å². The number of nitrogens with zero attached hydrogens (tertiary/aromatic N) is 3. The molecule has 0 saturated carbocycles. The minimum atomic E-state index is -3.69. The molecule has 0 saturated heterocycles. The number of halogens is 1. The molecule has 0 fully saturated rings. The molecule has 27 heavy (non-hydrogen) atoms. The van der Waals surface area contributed by atoms with Crippen LogP contribution in [0.5, 0.6) is 0 Å². The largest absolute Gasteiger partial charge is 0.274 e. The molecule has 0 atom stereocenters. The number of anilines is 1. The Labute approximate surface area is 172 Å². The van der Waals surface area contributed by atoms with Crippen molar-refractivity contribution >= 4 is 43.0 Å². The van der Waals surface area contributed by atoms with Crippen molar-refractivity contribution in [3.63, 3.8) is 0 Å². The summed E-state index contributed by atoms with van der Waals surface area (Å²) < 4.78 is 31.0. The standard InChI is InChI=1S/C19H22BrN3O2S2/c1-4-22-12-11-16(21-22)13-23(17-7-5-15(6-8-17)14(2)3)27(24,25)19-10-9-18(20)26-19/h5-12,14H,4,13H2,1-3H3. The molecular formula is C19H22BrN3O2S2. The van der Waals surface area contributed by atoms with Gasteiger partial charge in [0.1, 0.15) is 4.21 Å². The van der Waals surface area contributed by atoms with E-state index in [1.807, 2.05) is 43.5 Å². The zero-order valence-corrected chi connectivity index (χ0v) is 18.7. The van der Waals surface area contributed by atoms with Crippen molar-refractivity contribution in [1.82, 2.24) is 9.78 Å². The van der Waals surface area contributed by atoms with Crippen LogP contribution in [0, 0.1) is 0 Å². The van der Waals surface area contributed by atoms with E-state index in [4.69, 9.17) is 0 Å². The monoisotopic (exact) mass is 467 g/mol. The molecule has 0 aliphatic rings. The minimum absolute atomic E-state index is 0.186. The summed E-state index contributed by atoms with van der Waals surface area (Å²) in [6, 6.07) is 12.9. The second kappa shape index (κ2) is 8.16. The molecule has 2 aromatic heterocycles. The molecular weight excluding hydrogens is 446 g/mol. The van der Waals surface area contributed by atoms with Gasteiger partial charge in [-0.2, -0.15) is 5.10 Å². The average Bonchev–Trinajstić information content (AvgIpc) is 3.28. The summed E-state index contributed by atoms with van der Waals surface area (Å²) in [6.07, 6.45) is 1.86. The lowest BCUT2D eigenvalue weighted by Crippen LogP contribution is -2.30. The van der Waals surface area contributed by atoms with Crippen molar-refractivity contribution in [2.24, 2.45) is 0 Å². The van der Waals surface area contributed by atoms with Crippen molar-refractivity contribution in [1.29, 1.82) is 0 Å². The van der Waals surface area contributed by atoms with Gasteiger partial charge >= 0.3 is 0 Å². The van der Waals surface area contributed by atoms with Crippen molar-refractivity contribution in [2.75, 3.05) is 4.31 Å². The maximum absolute atomic E-state index is 13.3. The Morgan fingerprint density at radius 1 is 1.15 bits per heavy atom. The Morgan fingerprint density at radius 3 is 2.37 bits per heavy atom. The molecule has 144 valence electrons. The van der Waals surface area contributed by atoms with Crippen molar-refractivity contribution in [2.45, 2.75) is 44.0 Å². The van der Waals surface area contributed by atoms with Crippen LogP contribution in [0.15, 0.2) is 56.7 Å². The van der Waals surface area contributed by atoms with Crippen LogP contribution in [0.25, 0.3) is 0 Å². The van der Waals surface area contributed by atoms with Crippen LogP contribution in [0.2, 0.25) is 0 Å². The van der Waals surface area contributed by atoms with E-state index >= 15 is 0 Å². The number of thiophene rings is 1. The number of sulfonamides is 1. The first-order valence-corrected chi connectivity index (χ1v) is 11.8. The lowest BCUT2D eigenvalue weighted by Gasteiger charge is -2.23. The van der Waals surface area contributed by atoms with Gasteiger partial charge < -0.3 is 0 Å². The summed E-state index contributed by atoms with van der Waals surface area (Å²) in [4.78, 5) is 0. The second-order valence-electron chi connectivity index (χ2n) is 6.48. The number of rotatable bonds is 7. The van der Waals surface area contributed by atoms with E-state index in [0.717, 1.165) is 10.3 Å². The molecule has 0 unspecified atom stereocenters. The van der Waals surface area contributed by atoms with Crippen LogP contribution in [-0.4, -0.2) is 18.2 Å². The summed E-state index contributed by atoms with van der Waals surface area (Å²) in [5, 5.41) is 4.46. The van der Waals surface area contributed by atoms with Crippen molar-refractivity contribution in [3.05, 3.63) is 63.7 Å².